The first-order chi connectivity index (χ1) is 19.5. The lowest BCUT2D eigenvalue weighted by Crippen LogP contribution is -2.21. The fourth-order valence-electron chi connectivity index (χ4n) is 3.92. The first kappa shape index (κ1) is 30.4. The Kier molecular flexibility index (Phi) is 10.2. The van der Waals surface area contributed by atoms with Gasteiger partial charge in [0.15, 0.2) is 0 Å². The van der Waals surface area contributed by atoms with Crippen molar-refractivity contribution < 1.29 is 42.6 Å². The molecule has 14 heteroatoms. The summed E-state index contributed by atoms with van der Waals surface area (Å²) in [6.45, 7) is 0.888. The molecule has 41 heavy (non-hydrogen) atoms. The van der Waals surface area contributed by atoms with Crippen molar-refractivity contribution in [2.75, 3.05) is 18.5 Å². The van der Waals surface area contributed by atoms with Crippen LogP contribution in [0.5, 0.6) is 5.75 Å². The zero-order valence-electron chi connectivity index (χ0n) is 21.3. The maximum Gasteiger partial charge on any atom is 0.490 e. The number of alkyl halides is 3. The van der Waals surface area contributed by atoms with Crippen LogP contribution in [0.25, 0.3) is 10.9 Å². The van der Waals surface area contributed by atoms with Crippen molar-refractivity contribution in [3.05, 3.63) is 94.3 Å². The minimum absolute atomic E-state index is 0.00332. The standard InChI is InChI=1S/C25H24N4O5.C2HF3O2/c30-24(31)15-20(17-6-2-1-3-7-17)21-16-28-22-14-18(9-10-19(21)22)34-13-5-12-27-25-23(29(32)33)8-4-11-26-25;3-2(4,5)1(6)7/h1-4,6-11,14,16,20,28H,5,12-13,15H2,(H,26,27)(H,30,31);(H,6,7). The number of aromatic nitrogens is 2. The molecule has 0 bridgehead atoms. The van der Waals surface area contributed by atoms with Crippen molar-refractivity contribution in [1.82, 2.24) is 9.97 Å². The van der Waals surface area contributed by atoms with Crippen LogP contribution >= 0.6 is 0 Å². The highest BCUT2D eigenvalue weighted by molar-refractivity contribution is 5.86. The molecular weight excluding hydrogens is 549 g/mol. The molecule has 0 spiro atoms. The van der Waals surface area contributed by atoms with Crippen LogP contribution in [-0.4, -0.2) is 56.4 Å². The van der Waals surface area contributed by atoms with E-state index in [0.29, 0.717) is 25.3 Å². The van der Waals surface area contributed by atoms with Crippen molar-refractivity contribution in [3.8, 4) is 5.75 Å². The molecule has 216 valence electrons. The molecule has 1 atom stereocenters. The number of anilines is 1. The van der Waals surface area contributed by atoms with E-state index < -0.39 is 23.0 Å². The number of carboxylic acids is 2. The van der Waals surface area contributed by atoms with Crippen LogP contribution in [0.15, 0.2) is 73.1 Å². The van der Waals surface area contributed by atoms with E-state index >= 15 is 0 Å². The van der Waals surface area contributed by atoms with Gasteiger partial charge >= 0.3 is 23.8 Å². The third-order valence-corrected chi connectivity index (χ3v) is 5.75. The number of pyridine rings is 1. The van der Waals surface area contributed by atoms with Gasteiger partial charge in [-0.25, -0.2) is 9.78 Å². The van der Waals surface area contributed by atoms with E-state index in [9.17, 15) is 33.2 Å². The Labute approximate surface area is 230 Å². The minimum Gasteiger partial charge on any atom is -0.493 e. The number of hydrogen-bond donors (Lipinski definition) is 4. The lowest BCUT2D eigenvalue weighted by atomic mass is 9.88. The van der Waals surface area contributed by atoms with Gasteiger partial charge in [-0.3, -0.25) is 14.9 Å². The first-order valence-corrected chi connectivity index (χ1v) is 12.1. The van der Waals surface area contributed by atoms with Crippen LogP contribution < -0.4 is 10.1 Å². The number of aromatic amines is 1. The number of nitrogens with one attached hydrogen (secondary N) is 2. The summed E-state index contributed by atoms with van der Waals surface area (Å²) in [6, 6.07) is 18.2. The molecule has 2 aromatic heterocycles. The van der Waals surface area contributed by atoms with Crippen molar-refractivity contribution in [3.63, 3.8) is 0 Å². The van der Waals surface area contributed by atoms with Crippen LogP contribution in [-0.2, 0) is 9.59 Å². The minimum atomic E-state index is -5.08. The Bertz CT molecular complexity index is 1490. The van der Waals surface area contributed by atoms with E-state index in [-0.39, 0.29) is 23.8 Å². The summed E-state index contributed by atoms with van der Waals surface area (Å²) in [6.07, 6.45) is -1.10. The Hall–Kier alpha value is -5.14. The number of nitro groups is 1. The Morgan fingerprint density at radius 2 is 1.80 bits per heavy atom. The molecule has 2 heterocycles. The van der Waals surface area contributed by atoms with E-state index in [1.54, 1.807) is 0 Å². The molecule has 4 aromatic rings. The van der Waals surface area contributed by atoms with Crippen LogP contribution in [0.4, 0.5) is 24.7 Å². The van der Waals surface area contributed by atoms with Gasteiger partial charge in [-0.2, -0.15) is 13.2 Å². The van der Waals surface area contributed by atoms with Gasteiger partial charge in [-0.15, -0.1) is 0 Å². The highest BCUT2D eigenvalue weighted by Gasteiger charge is 2.38. The smallest absolute Gasteiger partial charge is 0.490 e. The average molecular weight is 575 g/mol. The molecule has 0 aliphatic rings. The Morgan fingerprint density at radius 3 is 2.44 bits per heavy atom. The van der Waals surface area contributed by atoms with Crippen LogP contribution in [0.2, 0.25) is 0 Å². The number of fused-ring (bicyclic) bond motifs is 1. The van der Waals surface area contributed by atoms with Crippen molar-refractivity contribution in [2.24, 2.45) is 0 Å². The number of ether oxygens (including phenoxy) is 1. The van der Waals surface area contributed by atoms with E-state index in [4.69, 9.17) is 14.6 Å². The molecular formula is C27H25F3N4O7. The number of carbonyl (C=O) groups is 2. The maximum absolute atomic E-state index is 11.5. The molecule has 0 amide bonds. The topological polar surface area (TPSA) is 168 Å². The predicted octanol–water partition coefficient (Wildman–Crippen LogP) is 5.59. The molecule has 2 aromatic carbocycles. The van der Waals surface area contributed by atoms with Gasteiger partial charge in [0.05, 0.1) is 18.0 Å². The lowest BCUT2D eigenvalue weighted by Gasteiger charge is -2.15. The third kappa shape index (κ3) is 8.68. The lowest BCUT2D eigenvalue weighted by molar-refractivity contribution is -0.384. The summed E-state index contributed by atoms with van der Waals surface area (Å²) in [5, 5.41) is 31.5. The zero-order valence-corrected chi connectivity index (χ0v) is 21.3. The summed E-state index contributed by atoms with van der Waals surface area (Å²) >= 11 is 0. The molecule has 0 saturated carbocycles. The van der Waals surface area contributed by atoms with E-state index in [2.05, 4.69) is 15.3 Å². The third-order valence-electron chi connectivity index (χ3n) is 5.75. The average Bonchev–Trinajstić information content (AvgIpc) is 3.35. The second-order valence-electron chi connectivity index (χ2n) is 8.57. The van der Waals surface area contributed by atoms with Crippen molar-refractivity contribution in [2.45, 2.75) is 24.9 Å². The summed E-state index contributed by atoms with van der Waals surface area (Å²) in [5.41, 5.74) is 2.68. The number of H-pyrrole nitrogens is 1. The quantitative estimate of drug-likeness (QED) is 0.101. The summed E-state index contributed by atoms with van der Waals surface area (Å²) in [5.74, 6) is -2.96. The van der Waals surface area contributed by atoms with Gasteiger partial charge in [0.2, 0.25) is 5.82 Å². The second kappa shape index (κ2) is 13.8. The molecule has 0 aliphatic carbocycles. The van der Waals surface area contributed by atoms with Crippen LogP contribution in [0.1, 0.15) is 29.9 Å². The Balaban J connectivity index is 0.000000587. The highest BCUT2D eigenvalue weighted by atomic mass is 19.4. The number of benzene rings is 2. The number of rotatable bonds is 11. The van der Waals surface area contributed by atoms with Gasteiger partial charge in [0, 0.05) is 47.9 Å². The van der Waals surface area contributed by atoms with Crippen LogP contribution in [0.3, 0.4) is 0 Å². The van der Waals surface area contributed by atoms with Gasteiger partial charge < -0.3 is 25.3 Å². The summed E-state index contributed by atoms with van der Waals surface area (Å²) in [7, 11) is 0. The number of halogens is 3. The fraction of sp³-hybridized carbons (Fsp3) is 0.222. The monoisotopic (exact) mass is 574 g/mol. The highest BCUT2D eigenvalue weighted by Crippen LogP contribution is 2.34. The van der Waals surface area contributed by atoms with E-state index in [0.717, 1.165) is 22.0 Å². The zero-order chi connectivity index (χ0) is 30.0. The predicted molar refractivity (Wildman–Crippen MR) is 142 cm³/mol. The Morgan fingerprint density at radius 1 is 1.10 bits per heavy atom. The normalized spacial score (nSPS) is 11.7. The summed E-state index contributed by atoms with van der Waals surface area (Å²) in [4.78, 5) is 38.2. The maximum atomic E-state index is 11.5. The number of aliphatic carboxylic acids is 2. The molecule has 0 saturated heterocycles. The van der Waals surface area contributed by atoms with E-state index in [1.807, 2.05) is 54.7 Å². The molecule has 0 aliphatic heterocycles. The summed E-state index contributed by atoms with van der Waals surface area (Å²) < 4.78 is 37.6. The fourth-order valence-corrected chi connectivity index (χ4v) is 3.92. The van der Waals surface area contributed by atoms with Crippen molar-refractivity contribution >= 4 is 34.3 Å². The second-order valence-corrected chi connectivity index (χ2v) is 8.57. The van der Waals surface area contributed by atoms with E-state index in [1.165, 1.54) is 18.3 Å². The number of nitrogens with zero attached hydrogens (tertiary/aromatic N) is 2. The molecule has 4 rings (SSSR count). The molecule has 0 fully saturated rings. The first-order valence-electron chi connectivity index (χ1n) is 12.1. The molecule has 4 N–H and O–H groups in total. The van der Waals surface area contributed by atoms with Gasteiger partial charge in [-0.1, -0.05) is 30.3 Å². The SMILES string of the molecule is O=C(O)C(F)(F)F.O=C(O)CC(c1ccccc1)c1c[nH]c2cc(OCCCNc3ncccc3[N+](=O)[O-])ccc12. The van der Waals surface area contributed by atoms with Gasteiger partial charge in [0.1, 0.15) is 5.75 Å². The molecule has 0 radical (unpaired) electrons. The van der Waals surface area contributed by atoms with Crippen LogP contribution in [0, 0.1) is 10.1 Å². The van der Waals surface area contributed by atoms with Crippen molar-refractivity contribution in [1.29, 1.82) is 0 Å². The largest absolute Gasteiger partial charge is 0.493 e. The molecule has 1 unspecified atom stereocenters. The molecule has 11 nitrogen and oxygen atoms in total. The van der Waals surface area contributed by atoms with Gasteiger partial charge in [-0.05, 0) is 35.7 Å². The number of hydrogen-bond acceptors (Lipinski definition) is 7. The number of carboxylic acid groups (broad SMARTS) is 2. The van der Waals surface area contributed by atoms with Gasteiger partial charge in [0.25, 0.3) is 0 Å².